The van der Waals surface area contributed by atoms with Crippen molar-refractivity contribution in [2.24, 2.45) is 5.92 Å². The van der Waals surface area contributed by atoms with Crippen LogP contribution in [0.3, 0.4) is 0 Å². The Bertz CT molecular complexity index is 161. The number of hydrogen-bond acceptors (Lipinski definition) is 1. The third-order valence-electron chi connectivity index (χ3n) is 3.21. The molecule has 1 aliphatic carbocycles. The van der Waals surface area contributed by atoms with E-state index in [1.165, 1.54) is 25.7 Å². The van der Waals surface area contributed by atoms with Crippen molar-refractivity contribution in [3.63, 3.8) is 0 Å². The van der Waals surface area contributed by atoms with Crippen LogP contribution in [0.4, 0.5) is 0 Å². The van der Waals surface area contributed by atoms with Crippen LogP contribution in [-0.2, 0) is 4.74 Å². The molecule has 1 unspecified atom stereocenters. The van der Waals surface area contributed by atoms with Crippen molar-refractivity contribution in [3.8, 4) is 0 Å². The second-order valence-corrected chi connectivity index (χ2v) is 6.70. The van der Waals surface area contributed by atoms with Gasteiger partial charge in [-0.25, -0.2) is 0 Å². The van der Waals surface area contributed by atoms with Crippen LogP contribution in [0.15, 0.2) is 0 Å². The lowest BCUT2D eigenvalue weighted by molar-refractivity contribution is 0.0271. The Kier molecular flexibility index (Phi) is 2.24. The second kappa shape index (κ2) is 2.98. The average Bonchev–Trinajstić information content (AvgIpc) is 2.37. The van der Waals surface area contributed by atoms with Gasteiger partial charge in [-0.2, -0.15) is 0 Å². The van der Waals surface area contributed by atoms with Crippen molar-refractivity contribution >= 4 is 15.9 Å². The van der Waals surface area contributed by atoms with Crippen LogP contribution in [-0.4, -0.2) is 16.5 Å². The Morgan fingerprint density at radius 3 is 2.67 bits per heavy atom. The number of fused-ring (bicyclic) bond motifs is 1. The highest BCUT2D eigenvalue weighted by Crippen LogP contribution is 2.43. The summed E-state index contributed by atoms with van der Waals surface area (Å²) >= 11 is 3.69. The molecule has 0 amide bonds. The maximum absolute atomic E-state index is 6.00. The third kappa shape index (κ3) is 1.56. The summed E-state index contributed by atoms with van der Waals surface area (Å²) in [6.07, 6.45) is 6.36. The lowest BCUT2D eigenvalue weighted by Crippen LogP contribution is -2.29. The van der Waals surface area contributed by atoms with Gasteiger partial charge in [-0.05, 0) is 39.0 Å². The summed E-state index contributed by atoms with van der Waals surface area (Å²) < 4.78 is 6.17. The molecule has 1 nitrogen and oxygen atoms in total. The first-order valence-corrected chi connectivity index (χ1v) is 5.71. The van der Waals surface area contributed by atoms with Crippen molar-refractivity contribution < 1.29 is 4.74 Å². The van der Waals surface area contributed by atoms with Crippen LogP contribution < -0.4 is 0 Å². The SMILES string of the molecule is CC(C)(Br)C1C[C@H]2CCC[C@H]2O1. The highest BCUT2D eigenvalue weighted by Gasteiger charge is 2.43. The Morgan fingerprint density at radius 1 is 1.33 bits per heavy atom. The smallest absolute Gasteiger partial charge is 0.0730 e. The molecule has 1 saturated heterocycles. The standard InChI is InChI=1S/C10H17BrO/c1-10(2,11)9-6-7-4-3-5-8(7)12-9/h7-9H,3-6H2,1-2H3/t7-,8-,9?/m1/s1. The van der Waals surface area contributed by atoms with Crippen molar-refractivity contribution in [2.45, 2.75) is 56.1 Å². The van der Waals surface area contributed by atoms with E-state index in [2.05, 4.69) is 29.8 Å². The topological polar surface area (TPSA) is 9.23 Å². The zero-order chi connectivity index (χ0) is 8.77. The Labute approximate surface area is 83.0 Å². The van der Waals surface area contributed by atoms with Gasteiger partial charge >= 0.3 is 0 Å². The largest absolute Gasteiger partial charge is 0.373 e. The zero-order valence-electron chi connectivity index (χ0n) is 7.85. The summed E-state index contributed by atoms with van der Waals surface area (Å²) in [6, 6.07) is 0. The Morgan fingerprint density at radius 2 is 2.08 bits per heavy atom. The molecular formula is C10H17BrO. The quantitative estimate of drug-likeness (QED) is 0.632. The maximum Gasteiger partial charge on any atom is 0.0730 e. The first-order chi connectivity index (χ1) is 5.57. The summed E-state index contributed by atoms with van der Waals surface area (Å²) in [5, 5.41) is 0. The molecule has 0 radical (unpaired) electrons. The van der Waals surface area contributed by atoms with Gasteiger partial charge in [0.1, 0.15) is 0 Å². The van der Waals surface area contributed by atoms with Crippen LogP contribution in [0.1, 0.15) is 39.5 Å². The lowest BCUT2D eigenvalue weighted by Gasteiger charge is -2.25. The van der Waals surface area contributed by atoms with Crippen LogP contribution in [0, 0.1) is 5.92 Å². The zero-order valence-corrected chi connectivity index (χ0v) is 9.43. The molecule has 2 fully saturated rings. The second-order valence-electron chi connectivity index (χ2n) is 4.65. The van der Waals surface area contributed by atoms with Crippen molar-refractivity contribution in [1.29, 1.82) is 0 Å². The minimum absolute atomic E-state index is 0.164. The molecule has 1 saturated carbocycles. The van der Waals surface area contributed by atoms with Crippen LogP contribution in [0.5, 0.6) is 0 Å². The van der Waals surface area contributed by atoms with E-state index < -0.39 is 0 Å². The fourth-order valence-electron chi connectivity index (χ4n) is 2.44. The van der Waals surface area contributed by atoms with Crippen LogP contribution in [0.2, 0.25) is 0 Å². The van der Waals surface area contributed by atoms with E-state index in [1.54, 1.807) is 0 Å². The molecule has 0 spiro atoms. The van der Waals surface area contributed by atoms with Gasteiger partial charge in [0.05, 0.1) is 12.2 Å². The van der Waals surface area contributed by atoms with E-state index in [-0.39, 0.29) is 4.32 Å². The summed E-state index contributed by atoms with van der Waals surface area (Å²) in [5.41, 5.74) is 0. The molecule has 0 aromatic rings. The predicted octanol–water partition coefficient (Wildman–Crippen LogP) is 3.12. The van der Waals surface area contributed by atoms with Crippen molar-refractivity contribution in [2.75, 3.05) is 0 Å². The molecule has 1 aliphatic heterocycles. The van der Waals surface area contributed by atoms with Gasteiger partial charge in [0.2, 0.25) is 0 Å². The fraction of sp³-hybridized carbons (Fsp3) is 1.00. The van der Waals surface area contributed by atoms with E-state index in [0.717, 1.165) is 5.92 Å². The molecule has 1 heterocycles. The number of rotatable bonds is 1. The lowest BCUT2D eigenvalue weighted by atomic mass is 9.96. The first kappa shape index (κ1) is 9.01. The molecule has 2 aliphatic rings. The summed E-state index contributed by atoms with van der Waals surface area (Å²) in [4.78, 5) is 0. The highest BCUT2D eigenvalue weighted by molar-refractivity contribution is 9.10. The fourth-order valence-corrected chi connectivity index (χ4v) is 2.73. The van der Waals surface area contributed by atoms with Gasteiger partial charge in [-0.3, -0.25) is 0 Å². The van der Waals surface area contributed by atoms with E-state index in [1.807, 2.05) is 0 Å². The Balaban J connectivity index is 1.99. The number of halogens is 1. The minimum Gasteiger partial charge on any atom is -0.373 e. The van der Waals surface area contributed by atoms with Gasteiger partial charge in [-0.15, -0.1) is 0 Å². The molecule has 2 heteroatoms. The molecule has 2 rings (SSSR count). The predicted molar refractivity (Wildman–Crippen MR) is 53.6 cm³/mol. The van der Waals surface area contributed by atoms with E-state index in [0.29, 0.717) is 12.2 Å². The molecule has 70 valence electrons. The van der Waals surface area contributed by atoms with Crippen LogP contribution in [0.25, 0.3) is 0 Å². The average molecular weight is 233 g/mol. The maximum atomic E-state index is 6.00. The summed E-state index contributed by atoms with van der Waals surface area (Å²) in [7, 11) is 0. The van der Waals surface area contributed by atoms with Gasteiger partial charge in [0.25, 0.3) is 0 Å². The summed E-state index contributed by atoms with van der Waals surface area (Å²) in [6.45, 7) is 4.41. The van der Waals surface area contributed by atoms with E-state index in [4.69, 9.17) is 4.74 Å². The molecule has 12 heavy (non-hydrogen) atoms. The third-order valence-corrected chi connectivity index (χ3v) is 3.72. The molecule has 3 atom stereocenters. The molecule has 0 bridgehead atoms. The molecule has 0 aromatic heterocycles. The van der Waals surface area contributed by atoms with Crippen molar-refractivity contribution in [3.05, 3.63) is 0 Å². The van der Waals surface area contributed by atoms with Gasteiger partial charge in [0.15, 0.2) is 0 Å². The minimum atomic E-state index is 0.164. The van der Waals surface area contributed by atoms with Gasteiger partial charge < -0.3 is 4.74 Å². The number of ether oxygens (including phenoxy) is 1. The molecular weight excluding hydrogens is 216 g/mol. The van der Waals surface area contributed by atoms with E-state index >= 15 is 0 Å². The van der Waals surface area contributed by atoms with Gasteiger partial charge in [0, 0.05) is 4.32 Å². The first-order valence-electron chi connectivity index (χ1n) is 4.92. The Hall–Kier alpha value is 0.440. The summed E-state index contributed by atoms with van der Waals surface area (Å²) in [5.74, 6) is 0.867. The normalized spacial score (nSPS) is 41.8. The monoisotopic (exact) mass is 232 g/mol. The number of hydrogen-bond donors (Lipinski definition) is 0. The number of alkyl halides is 1. The highest BCUT2D eigenvalue weighted by atomic mass is 79.9. The molecule has 0 N–H and O–H groups in total. The van der Waals surface area contributed by atoms with E-state index in [9.17, 15) is 0 Å². The van der Waals surface area contributed by atoms with Crippen LogP contribution >= 0.6 is 15.9 Å². The van der Waals surface area contributed by atoms with Crippen molar-refractivity contribution in [1.82, 2.24) is 0 Å². The molecule has 0 aromatic carbocycles. The van der Waals surface area contributed by atoms with Gasteiger partial charge in [-0.1, -0.05) is 22.4 Å².